The van der Waals surface area contributed by atoms with Crippen LogP contribution in [0.1, 0.15) is 24.2 Å². The van der Waals surface area contributed by atoms with E-state index in [0.717, 1.165) is 12.1 Å². The Morgan fingerprint density at radius 1 is 1.17 bits per heavy atom. The highest BCUT2D eigenvalue weighted by molar-refractivity contribution is 7.13. The van der Waals surface area contributed by atoms with Crippen molar-refractivity contribution in [3.8, 4) is 16.9 Å². The number of piperazine rings is 1. The number of nitrogens with one attached hydrogen (secondary N) is 1. The summed E-state index contributed by atoms with van der Waals surface area (Å²) in [4.78, 5) is 15.1. The third-order valence-corrected chi connectivity index (χ3v) is 5.92. The number of halogens is 2. The molecule has 1 saturated heterocycles. The molecule has 0 spiro atoms. The maximum atomic E-state index is 14.7. The number of hydrogen-bond donors (Lipinski definition) is 1. The summed E-state index contributed by atoms with van der Waals surface area (Å²) >= 11 is 1.21. The Morgan fingerprint density at radius 2 is 1.83 bits per heavy atom. The molecule has 2 atom stereocenters. The number of ether oxygens (including phenoxy) is 1. The van der Waals surface area contributed by atoms with Gasteiger partial charge in [-0.1, -0.05) is 0 Å². The van der Waals surface area contributed by atoms with Gasteiger partial charge in [-0.3, -0.25) is 4.79 Å². The van der Waals surface area contributed by atoms with Gasteiger partial charge in [0.15, 0.2) is 0 Å². The molecule has 2 unspecified atom stereocenters. The number of carbonyl (C=O) groups excluding carboxylic acids is 1. The second kappa shape index (κ2) is 7.68. The maximum absolute atomic E-state index is 14.7. The topological polar surface area (TPSA) is 54.5 Å². The van der Waals surface area contributed by atoms with Crippen LogP contribution in [-0.2, 0) is 0 Å². The number of amides is 1. The molecule has 0 aliphatic carbocycles. The lowest BCUT2D eigenvalue weighted by molar-refractivity contribution is 0.0676. The molecule has 2 heterocycles. The fourth-order valence-corrected chi connectivity index (χ4v) is 4.63. The zero-order chi connectivity index (χ0) is 20.7. The monoisotopic (exact) mass is 417 g/mol. The van der Waals surface area contributed by atoms with Crippen molar-refractivity contribution in [2.75, 3.05) is 20.2 Å². The van der Waals surface area contributed by atoms with Crippen molar-refractivity contribution in [1.29, 1.82) is 0 Å². The first kappa shape index (κ1) is 19.7. The van der Waals surface area contributed by atoms with Crippen LogP contribution in [0.15, 0.2) is 30.5 Å². The number of aromatic nitrogens is 1. The molecule has 1 N–H and O–H groups in total. The number of nitrogens with zero attached hydrogens (tertiary/aromatic N) is 2. The normalized spacial score (nSPS) is 19.6. The van der Waals surface area contributed by atoms with E-state index in [4.69, 9.17) is 4.74 Å². The zero-order valence-corrected chi connectivity index (χ0v) is 17.1. The predicted molar refractivity (Wildman–Crippen MR) is 109 cm³/mol. The summed E-state index contributed by atoms with van der Waals surface area (Å²) in [5, 5.41) is 4.08. The molecular formula is C21H21F2N3O2S. The van der Waals surface area contributed by atoms with Crippen molar-refractivity contribution in [3.63, 3.8) is 0 Å². The third kappa shape index (κ3) is 3.70. The summed E-state index contributed by atoms with van der Waals surface area (Å²) < 4.78 is 39.1. The van der Waals surface area contributed by atoms with Gasteiger partial charge in [-0.25, -0.2) is 8.78 Å². The van der Waals surface area contributed by atoms with Crippen LogP contribution in [0.4, 0.5) is 8.78 Å². The highest BCUT2D eigenvalue weighted by Crippen LogP contribution is 2.35. The molecule has 1 amide bonds. The standard InChI is InChI=1S/C21H21F2N3O2S/c1-11-9-26(10-12(2)25-11)21(27)16-5-13(4-14-8-24-29-20(14)16)19-17(22)6-15(28-3)7-18(19)23/h4-8,11-12,25H,9-10H2,1-3H3. The summed E-state index contributed by atoms with van der Waals surface area (Å²) in [6, 6.07) is 5.82. The van der Waals surface area contributed by atoms with E-state index in [-0.39, 0.29) is 29.3 Å². The van der Waals surface area contributed by atoms with Gasteiger partial charge in [0.2, 0.25) is 0 Å². The van der Waals surface area contributed by atoms with Crippen LogP contribution in [0, 0.1) is 11.6 Å². The maximum Gasteiger partial charge on any atom is 0.255 e. The van der Waals surface area contributed by atoms with Crippen LogP contribution in [0.3, 0.4) is 0 Å². The summed E-state index contributed by atoms with van der Waals surface area (Å²) in [6.45, 7) is 5.19. The van der Waals surface area contributed by atoms with E-state index in [1.54, 1.807) is 23.2 Å². The molecule has 2 aromatic carbocycles. The van der Waals surface area contributed by atoms with E-state index in [1.807, 2.05) is 13.8 Å². The minimum Gasteiger partial charge on any atom is -0.497 e. The third-order valence-electron chi connectivity index (χ3n) is 5.07. The Morgan fingerprint density at radius 3 is 2.45 bits per heavy atom. The highest BCUT2D eigenvalue weighted by Gasteiger charge is 2.28. The van der Waals surface area contributed by atoms with E-state index >= 15 is 0 Å². The van der Waals surface area contributed by atoms with E-state index in [2.05, 4.69) is 9.69 Å². The molecule has 0 radical (unpaired) electrons. The van der Waals surface area contributed by atoms with Gasteiger partial charge in [0.1, 0.15) is 17.4 Å². The molecule has 1 aliphatic rings. The summed E-state index contributed by atoms with van der Waals surface area (Å²) in [6.07, 6.45) is 1.61. The molecule has 5 nitrogen and oxygen atoms in total. The molecule has 4 rings (SSSR count). The van der Waals surface area contributed by atoms with Crippen molar-refractivity contribution in [2.45, 2.75) is 25.9 Å². The fraction of sp³-hybridized carbons (Fsp3) is 0.333. The van der Waals surface area contributed by atoms with Gasteiger partial charge < -0.3 is 15.0 Å². The lowest BCUT2D eigenvalue weighted by Gasteiger charge is -2.36. The number of fused-ring (bicyclic) bond motifs is 1. The van der Waals surface area contributed by atoms with Crippen molar-refractivity contribution < 1.29 is 18.3 Å². The van der Waals surface area contributed by atoms with Crippen LogP contribution in [-0.4, -0.2) is 47.5 Å². The number of methoxy groups -OCH3 is 1. The molecule has 3 aromatic rings. The second-order valence-electron chi connectivity index (χ2n) is 7.41. The highest BCUT2D eigenvalue weighted by atomic mass is 32.1. The van der Waals surface area contributed by atoms with Crippen LogP contribution in [0.25, 0.3) is 21.2 Å². The summed E-state index contributed by atoms with van der Waals surface area (Å²) in [5.74, 6) is -1.54. The Labute approximate surface area is 171 Å². The zero-order valence-electron chi connectivity index (χ0n) is 16.3. The van der Waals surface area contributed by atoms with Crippen molar-refractivity contribution >= 4 is 27.5 Å². The molecule has 152 valence electrons. The lowest BCUT2D eigenvalue weighted by Crippen LogP contribution is -2.55. The lowest BCUT2D eigenvalue weighted by atomic mass is 9.99. The predicted octanol–water partition coefficient (Wildman–Crippen LogP) is 4.07. The van der Waals surface area contributed by atoms with E-state index in [9.17, 15) is 13.6 Å². The molecule has 0 bridgehead atoms. The van der Waals surface area contributed by atoms with Gasteiger partial charge in [0.25, 0.3) is 5.91 Å². The second-order valence-corrected chi connectivity index (χ2v) is 8.21. The quantitative estimate of drug-likeness (QED) is 0.698. The first-order valence-electron chi connectivity index (χ1n) is 9.34. The number of hydrogen-bond acceptors (Lipinski definition) is 5. The fourth-order valence-electron chi connectivity index (χ4n) is 3.89. The SMILES string of the molecule is COc1cc(F)c(-c2cc(C(=O)N3CC(C)NC(C)C3)c3sncc3c2)c(F)c1. The molecule has 0 saturated carbocycles. The summed E-state index contributed by atoms with van der Waals surface area (Å²) in [5.41, 5.74) is 0.529. The largest absolute Gasteiger partial charge is 0.497 e. The van der Waals surface area contributed by atoms with Gasteiger partial charge in [0.05, 0.1) is 22.9 Å². The Hall–Kier alpha value is -2.58. The first-order chi connectivity index (χ1) is 13.9. The van der Waals surface area contributed by atoms with E-state index in [0.29, 0.717) is 34.3 Å². The van der Waals surface area contributed by atoms with Gasteiger partial charge in [-0.2, -0.15) is 4.37 Å². The molecule has 1 fully saturated rings. The van der Waals surface area contributed by atoms with Gasteiger partial charge in [-0.05, 0) is 43.1 Å². The minimum absolute atomic E-state index is 0.0992. The smallest absolute Gasteiger partial charge is 0.255 e. The summed E-state index contributed by atoms with van der Waals surface area (Å²) in [7, 11) is 1.35. The van der Waals surface area contributed by atoms with Gasteiger partial charge in [-0.15, -0.1) is 0 Å². The van der Waals surface area contributed by atoms with Crippen molar-refractivity contribution in [1.82, 2.24) is 14.6 Å². The van der Waals surface area contributed by atoms with Crippen LogP contribution in [0.2, 0.25) is 0 Å². The Kier molecular flexibility index (Phi) is 5.23. The molecule has 1 aliphatic heterocycles. The van der Waals surface area contributed by atoms with Crippen LogP contribution < -0.4 is 10.1 Å². The Bertz CT molecular complexity index is 1050. The minimum atomic E-state index is -0.743. The van der Waals surface area contributed by atoms with Crippen LogP contribution >= 0.6 is 11.5 Å². The average Bonchev–Trinajstić information content (AvgIpc) is 3.14. The molecule has 1 aromatic heterocycles. The average molecular weight is 417 g/mol. The number of rotatable bonds is 3. The first-order valence-corrected chi connectivity index (χ1v) is 10.1. The Balaban J connectivity index is 1.82. The van der Waals surface area contributed by atoms with Crippen LogP contribution in [0.5, 0.6) is 5.75 Å². The molecule has 8 heteroatoms. The number of carbonyl (C=O) groups is 1. The van der Waals surface area contributed by atoms with E-state index in [1.165, 1.54) is 18.6 Å². The molecule has 29 heavy (non-hydrogen) atoms. The van der Waals surface area contributed by atoms with Gasteiger partial charge in [0, 0.05) is 48.9 Å². The number of benzene rings is 2. The van der Waals surface area contributed by atoms with Gasteiger partial charge >= 0.3 is 0 Å². The molecular weight excluding hydrogens is 396 g/mol. The van der Waals surface area contributed by atoms with E-state index < -0.39 is 11.6 Å². The van der Waals surface area contributed by atoms with Crippen molar-refractivity contribution in [3.05, 3.63) is 47.7 Å². The van der Waals surface area contributed by atoms with Crippen molar-refractivity contribution in [2.24, 2.45) is 0 Å².